The number of fused-ring (bicyclic) bond motifs is 1. The molecule has 4 heterocycles. The maximum Gasteiger partial charge on any atom is 0.319 e. The smallest absolute Gasteiger partial charge is 0.319 e. The summed E-state index contributed by atoms with van der Waals surface area (Å²) in [4.78, 5) is 38.2. The van der Waals surface area contributed by atoms with Crippen LogP contribution in [0, 0.1) is 5.92 Å². The highest BCUT2D eigenvalue weighted by Crippen LogP contribution is 2.27. The summed E-state index contributed by atoms with van der Waals surface area (Å²) in [6.45, 7) is 3.03. The van der Waals surface area contributed by atoms with Crippen molar-refractivity contribution in [3.05, 3.63) is 35.7 Å². The Labute approximate surface area is 179 Å². The van der Waals surface area contributed by atoms with Gasteiger partial charge < -0.3 is 20.1 Å². The van der Waals surface area contributed by atoms with E-state index >= 15 is 0 Å². The Morgan fingerprint density at radius 2 is 1.83 bits per heavy atom. The van der Waals surface area contributed by atoms with Crippen LogP contribution in [0.15, 0.2) is 35.7 Å². The van der Waals surface area contributed by atoms with E-state index < -0.39 is 0 Å². The van der Waals surface area contributed by atoms with E-state index in [9.17, 15) is 9.59 Å². The molecule has 0 unspecified atom stereocenters. The lowest BCUT2D eigenvalue weighted by Crippen LogP contribution is -2.47. The number of rotatable bonds is 3. The molecule has 0 spiro atoms. The number of amides is 3. The van der Waals surface area contributed by atoms with Gasteiger partial charge in [-0.25, -0.2) is 9.78 Å². The molecular weight excluding hydrogens is 398 g/mol. The Bertz CT molecular complexity index is 1050. The fraction of sp³-hybridized carbons (Fsp3) is 0.409. The van der Waals surface area contributed by atoms with Crippen molar-refractivity contribution in [2.45, 2.75) is 25.7 Å². The number of nitrogens with zero attached hydrogens (tertiary/aromatic N) is 3. The maximum atomic E-state index is 12.8. The van der Waals surface area contributed by atoms with Gasteiger partial charge in [0.05, 0.1) is 15.9 Å². The first kappa shape index (κ1) is 19.1. The number of piperidine rings is 1. The molecular formula is C22H25N5O2S. The number of carbonyl (C=O) groups excluding carboxylic acids is 2. The molecule has 3 amide bonds. The molecule has 0 aliphatic carbocycles. The van der Waals surface area contributed by atoms with E-state index in [0.717, 1.165) is 53.4 Å². The number of imidazole rings is 1. The highest BCUT2D eigenvalue weighted by Gasteiger charge is 2.30. The predicted molar refractivity (Wildman–Crippen MR) is 119 cm³/mol. The van der Waals surface area contributed by atoms with E-state index in [2.05, 4.69) is 15.3 Å². The minimum absolute atomic E-state index is 0.0283. The number of hydrogen-bond donors (Lipinski definition) is 2. The third-order valence-corrected chi connectivity index (χ3v) is 6.89. The van der Waals surface area contributed by atoms with Gasteiger partial charge in [0.2, 0.25) is 5.91 Å². The lowest BCUT2D eigenvalue weighted by molar-refractivity contribution is -0.121. The Morgan fingerprint density at radius 3 is 2.57 bits per heavy atom. The molecule has 8 heteroatoms. The number of aromatic amines is 1. The Morgan fingerprint density at radius 1 is 1.07 bits per heavy atom. The molecule has 0 radical (unpaired) electrons. The molecule has 1 aromatic carbocycles. The Hall–Kier alpha value is -2.87. The van der Waals surface area contributed by atoms with E-state index in [0.29, 0.717) is 25.9 Å². The van der Waals surface area contributed by atoms with Crippen molar-refractivity contribution in [2.24, 2.45) is 5.92 Å². The number of likely N-dealkylation sites (tertiary alicyclic amines) is 2. The first-order chi connectivity index (χ1) is 14.7. The number of benzene rings is 1. The van der Waals surface area contributed by atoms with Crippen LogP contribution in [0.2, 0.25) is 0 Å². The molecule has 2 aromatic heterocycles. The number of hydrogen-bond acceptors (Lipinski definition) is 4. The van der Waals surface area contributed by atoms with Crippen LogP contribution in [0.5, 0.6) is 0 Å². The summed E-state index contributed by atoms with van der Waals surface area (Å²) in [7, 11) is 0. The van der Waals surface area contributed by atoms with Crippen molar-refractivity contribution in [2.75, 3.05) is 31.5 Å². The molecule has 0 saturated carbocycles. The molecule has 2 fully saturated rings. The highest BCUT2D eigenvalue weighted by atomic mass is 32.1. The zero-order chi connectivity index (χ0) is 20.5. The third kappa shape index (κ3) is 3.79. The van der Waals surface area contributed by atoms with Crippen LogP contribution in [0.1, 0.15) is 25.7 Å². The van der Waals surface area contributed by atoms with Crippen LogP contribution < -0.4 is 5.32 Å². The summed E-state index contributed by atoms with van der Waals surface area (Å²) in [5.41, 5.74) is 2.55. The van der Waals surface area contributed by atoms with E-state index in [1.54, 1.807) is 11.3 Å². The van der Waals surface area contributed by atoms with Gasteiger partial charge in [-0.05, 0) is 55.3 Å². The number of carbonyl (C=O) groups is 2. The van der Waals surface area contributed by atoms with Crippen molar-refractivity contribution >= 4 is 40.0 Å². The molecule has 2 aliphatic rings. The van der Waals surface area contributed by atoms with Crippen LogP contribution in [0.25, 0.3) is 21.7 Å². The predicted octanol–water partition coefficient (Wildman–Crippen LogP) is 4.16. The lowest BCUT2D eigenvalue weighted by atomic mass is 9.96. The fourth-order valence-corrected chi connectivity index (χ4v) is 4.97. The first-order valence-electron chi connectivity index (χ1n) is 10.6. The molecule has 7 nitrogen and oxygen atoms in total. The number of nitrogens with one attached hydrogen (secondary N) is 2. The molecule has 156 valence electrons. The van der Waals surface area contributed by atoms with Crippen molar-refractivity contribution in [1.82, 2.24) is 19.8 Å². The number of urea groups is 1. The van der Waals surface area contributed by atoms with E-state index in [-0.39, 0.29) is 17.9 Å². The molecule has 0 atom stereocenters. The second-order valence-corrected chi connectivity index (χ2v) is 8.97. The van der Waals surface area contributed by atoms with Gasteiger partial charge in [-0.1, -0.05) is 6.07 Å². The summed E-state index contributed by atoms with van der Waals surface area (Å²) in [6, 6.07) is 9.93. The standard InChI is InChI=1S/C22H25N5O2S/c28-21(15-7-11-27(12-8-15)22(29)26-9-1-2-10-26)23-16-5-6-17-18(14-16)25-20(24-17)19-4-3-13-30-19/h3-6,13-15H,1-2,7-12H2,(H,23,28)(H,24,25). The maximum absolute atomic E-state index is 12.8. The van der Waals surface area contributed by atoms with Crippen molar-refractivity contribution < 1.29 is 9.59 Å². The van der Waals surface area contributed by atoms with Crippen LogP contribution >= 0.6 is 11.3 Å². The van der Waals surface area contributed by atoms with Crippen LogP contribution in [0.4, 0.5) is 10.5 Å². The van der Waals surface area contributed by atoms with Gasteiger partial charge in [0.1, 0.15) is 5.82 Å². The first-order valence-corrected chi connectivity index (χ1v) is 11.4. The van der Waals surface area contributed by atoms with Gasteiger partial charge in [-0.3, -0.25) is 4.79 Å². The average Bonchev–Trinajstić information content (AvgIpc) is 3.54. The van der Waals surface area contributed by atoms with Gasteiger partial charge in [-0.15, -0.1) is 11.3 Å². The van der Waals surface area contributed by atoms with Gasteiger partial charge in [0, 0.05) is 37.8 Å². The van der Waals surface area contributed by atoms with Gasteiger partial charge in [0.25, 0.3) is 0 Å². The van der Waals surface area contributed by atoms with Crippen LogP contribution in [0.3, 0.4) is 0 Å². The van der Waals surface area contributed by atoms with Crippen molar-refractivity contribution in [3.63, 3.8) is 0 Å². The normalized spacial score (nSPS) is 17.6. The lowest BCUT2D eigenvalue weighted by Gasteiger charge is -2.34. The molecule has 5 rings (SSSR count). The number of thiophene rings is 1. The van der Waals surface area contributed by atoms with E-state index in [1.807, 2.05) is 45.5 Å². The third-order valence-electron chi connectivity index (χ3n) is 6.02. The van der Waals surface area contributed by atoms with Crippen molar-refractivity contribution in [3.8, 4) is 10.7 Å². The van der Waals surface area contributed by atoms with Gasteiger partial charge >= 0.3 is 6.03 Å². The highest BCUT2D eigenvalue weighted by molar-refractivity contribution is 7.13. The van der Waals surface area contributed by atoms with Crippen LogP contribution in [-0.2, 0) is 4.79 Å². The Kier molecular flexibility index (Phi) is 5.16. The quantitative estimate of drug-likeness (QED) is 0.664. The van der Waals surface area contributed by atoms with E-state index in [4.69, 9.17) is 0 Å². The van der Waals surface area contributed by atoms with Crippen molar-refractivity contribution in [1.29, 1.82) is 0 Å². The van der Waals surface area contributed by atoms with Crippen LogP contribution in [-0.4, -0.2) is 57.9 Å². The molecule has 2 N–H and O–H groups in total. The summed E-state index contributed by atoms with van der Waals surface area (Å²) in [5.74, 6) is 0.811. The Balaban J connectivity index is 1.20. The molecule has 2 saturated heterocycles. The monoisotopic (exact) mass is 423 g/mol. The van der Waals surface area contributed by atoms with E-state index in [1.165, 1.54) is 0 Å². The zero-order valence-corrected chi connectivity index (χ0v) is 17.6. The second kappa shape index (κ2) is 8.10. The SMILES string of the molecule is O=C(Nc1ccc2nc(-c3cccs3)[nH]c2c1)C1CCN(C(=O)N2CCCC2)CC1. The number of anilines is 1. The second-order valence-electron chi connectivity index (χ2n) is 8.02. The number of H-pyrrole nitrogens is 1. The minimum Gasteiger partial charge on any atom is -0.337 e. The zero-order valence-electron chi connectivity index (χ0n) is 16.8. The fourth-order valence-electron chi connectivity index (χ4n) is 4.30. The molecule has 30 heavy (non-hydrogen) atoms. The summed E-state index contributed by atoms with van der Waals surface area (Å²) in [6.07, 6.45) is 3.61. The molecule has 0 bridgehead atoms. The summed E-state index contributed by atoms with van der Waals surface area (Å²) < 4.78 is 0. The largest absolute Gasteiger partial charge is 0.337 e. The molecule has 3 aromatic rings. The topological polar surface area (TPSA) is 81.3 Å². The van der Waals surface area contributed by atoms with Gasteiger partial charge in [0.15, 0.2) is 0 Å². The average molecular weight is 424 g/mol. The molecule has 2 aliphatic heterocycles. The summed E-state index contributed by atoms with van der Waals surface area (Å²) >= 11 is 1.64. The van der Waals surface area contributed by atoms with Gasteiger partial charge in [-0.2, -0.15) is 0 Å². The minimum atomic E-state index is -0.0632. The summed E-state index contributed by atoms with van der Waals surface area (Å²) in [5, 5.41) is 5.07. The number of aromatic nitrogens is 2.